The van der Waals surface area contributed by atoms with E-state index in [1.165, 1.54) is 4.90 Å². The second-order valence-electron chi connectivity index (χ2n) is 5.73. The molecule has 2 amide bonds. The highest BCUT2D eigenvalue weighted by molar-refractivity contribution is 6.41. The molecule has 2 rings (SSSR count). The molecular formula is C16H20BFN2O5. The number of nitrogens with one attached hydrogen (secondary N) is 1. The number of nitrogens with zero attached hydrogens (tertiary/aromatic N) is 1. The molecule has 1 aromatic rings. The van der Waals surface area contributed by atoms with E-state index in [0.717, 1.165) is 6.08 Å². The molecule has 7 nitrogen and oxygen atoms in total. The smallest absolute Gasteiger partial charge is 0.441 e. The van der Waals surface area contributed by atoms with Crippen LogP contribution in [-0.4, -0.2) is 59.4 Å². The van der Waals surface area contributed by atoms with E-state index in [1.54, 1.807) is 30.3 Å². The summed E-state index contributed by atoms with van der Waals surface area (Å²) in [6.07, 6.45) is -2.55. The van der Waals surface area contributed by atoms with Gasteiger partial charge in [-0.15, -0.1) is 0 Å². The maximum Gasteiger partial charge on any atom is 0.453 e. The largest absolute Gasteiger partial charge is 0.453 e. The number of ether oxygens (including phenoxy) is 1. The number of alkyl halides is 1. The number of benzene rings is 1. The first kappa shape index (κ1) is 18.9. The van der Waals surface area contributed by atoms with Crippen molar-refractivity contribution in [3.8, 4) is 0 Å². The molecule has 0 aromatic heterocycles. The quantitative estimate of drug-likeness (QED) is 0.517. The van der Waals surface area contributed by atoms with Gasteiger partial charge in [-0.1, -0.05) is 36.9 Å². The third-order valence-electron chi connectivity index (χ3n) is 3.88. The standard InChI is InChI=1S/C16H20BFN2O5/c1-2-15(21)20-9-12(18)14(10-20)25-16(22)19-13(8-17(23)24)11-6-4-3-5-7-11/h2-7,12-14,23-24H,1,8-10H2,(H,19,22)/t12-,13+,14-/m0/s1. The Balaban J connectivity index is 1.97. The fourth-order valence-electron chi connectivity index (χ4n) is 2.64. The Morgan fingerprint density at radius 2 is 2.08 bits per heavy atom. The molecule has 25 heavy (non-hydrogen) atoms. The van der Waals surface area contributed by atoms with Crippen LogP contribution in [-0.2, 0) is 9.53 Å². The van der Waals surface area contributed by atoms with Gasteiger partial charge >= 0.3 is 13.2 Å². The molecule has 1 heterocycles. The van der Waals surface area contributed by atoms with E-state index in [9.17, 15) is 24.0 Å². The van der Waals surface area contributed by atoms with Gasteiger partial charge in [0, 0.05) is 6.32 Å². The number of amides is 2. The number of carbonyl (C=O) groups is 2. The van der Waals surface area contributed by atoms with Gasteiger partial charge in [-0.05, 0) is 11.6 Å². The van der Waals surface area contributed by atoms with Gasteiger partial charge in [-0.3, -0.25) is 4.79 Å². The van der Waals surface area contributed by atoms with Crippen LogP contribution in [0.25, 0.3) is 0 Å². The zero-order chi connectivity index (χ0) is 18.4. The van der Waals surface area contributed by atoms with Crippen LogP contribution < -0.4 is 5.32 Å². The summed E-state index contributed by atoms with van der Waals surface area (Å²) in [5, 5.41) is 20.9. The summed E-state index contributed by atoms with van der Waals surface area (Å²) in [4.78, 5) is 24.8. The number of hydrogen-bond donors (Lipinski definition) is 3. The highest BCUT2D eigenvalue weighted by atomic mass is 19.1. The molecule has 134 valence electrons. The minimum atomic E-state index is -1.63. The van der Waals surface area contributed by atoms with E-state index >= 15 is 0 Å². The van der Waals surface area contributed by atoms with E-state index in [0.29, 0.717) is 5.56 Å². The molecule has 3 N–H and O–H groups in total. The van der Waals surface area contributed by atoms with Gasteiger partial charge in [0.15, 0.2) is 12.3 Å². The van der Waals surface area contributed by atoms with Gasteiger partial charge in [0.1, 0.15) is 0 Å². The molecule has 1 aliphatic rings. The second-order valence-corrected chi connectivity index (χ2v) is 5.73. The fourth-order valence-corrected chi connectivity index (χ4v) is 2.64. The number of hydrogen-bond acceptors (Lipinski definition) is 5. The summed E-state index contributed by atoms with van der Waals surface area (Å²) >= 11 is 0. The molecule has 0 saturated carbocycles. The lowest BCUT2D eigenvalue weighted by Crippen LogP contribution is -2.37. The van der Waals surface area contributed by atoms with Crippen molar-refractivity contribution in [2.75, 3.05) is 13.1 Å². The van der Waals surface area contributed by atoms with Gasteiger partial charge in [-0.2, -0.15) is 0 Å². The Labute approximate surface area is 145 Å². The van der Waals surface area contributed by atoms with Crippen LogP contribution in [0.15, 0.2) is 43.0 Å². The second kappa shape index (κ2) is 8.64. The van der Waals surface area contributed by atoms with E-state index in [1.807, 2.05) is 0 Å². The van der Waals surface area contributed by atoms with E-state index < -0.39 is 37.4 Å². The van der Waals surface area contributed by atoms with Crippen molar-refractivity contribution in [1.82, 2.24) is 10.2 Å². The normalized spacial score (nSPS) is 20.7. The number of alkyl carbamates (subject to hydrolysis) is 1. The summed E-state index contributed by atoms with van der Waals surface area (Å²) < 4.78 is 19.0. The van der Waals surface area contributed by atoms with Crippen molar-refractivity contribution in [3.63, 3.8) is 0 Å². The first-order valence-corrected chi connectivity index (χ1v) is 7.84. The average Bonchev–Trinajstić information content (AvgIpc) is 2.94. The summed E-state index contributed by atoms with van der Waals surface area (Å²) in [5.41, 5.74) is 0.652. The summed E-state index contributed by atoms with van der Waals surface area (Å²) in [6, 6.07) is 7.99. The fraction of sp³-hybridized carbons (Fsp3) is 0.375. The SMILES string of the molecule is C=CC(=O)N1C[C@H](OC(=O)N[C@H](CB(O)O)c2ccccc2)[C@@H](F)C1. The van der Waals surface area contributed by atoms with Crippen LogP contribution in [0.4, 0.5) is 9.18 Å². The first-order valence-electron chi connectivity index (χ1n) is 7.84. The average molecular weight is 350 g/mol. The Bertz CT molecular complexity index is 616. The first-order chi connectivity index (χ1) is 11.9. The number of rotatable bonds is 6. The molecule has 1 saturated heterocycles. The van der Waals surface area contributed by atoms with Crippen LogP contribution in [0.2, 0.25) is 6.32 Å². The minimum absolute atomic E-state index is 0.0575. The molecule has 0 unspecified atom stereocenters. The highest BCUT2D eigenvalue weighted by Gasteiger charge is 2.37. The summed E-state index contributed by atoms with van der Waals surface area (Å²) in [5.74, 6) is -0.431. The third kappa shape index (κ3) is 5.30. The van der Waals surface area contributed by atoms with Crippen molar-refractivity contribution in [3.05, 3.63) is 48.6 Å². The van der Waals surface area contributed by atoms with Crippen molar-refractivity contribution in [1.29, 1.82) is 0 Å². The van der Waals surface area contributed by atoms with Gasteiger partial charge in [0.2, 0.25) is 5.91 Å². The van der Waals surface area contributed by atoms with Crippen LogP contribution in [0.5, 0.6) is 0 Å². The lowest BCUT2D eigenvalue weighted by molar-refractivity contribution is -0.125. The molecule has 0 radical (unpaired) electrons. The molecule has 1 aliphatic heterocycles. The molecule has 9 heteroatoms. The highest BCUT2D eigenvalue weighted by Crippen LogP contribution is 2.20. The Hall–Kier alpha value is -2.39. The third-order valence-corrected chi connectivity index (χ3v) is 3.88. The predicted octanol–water partition coefficient (Wildman–Crippen LogP) is 0.662. The van der Waals surface area contributed by atoms with E-state index in [4.69, 9.17) is 4.74 Å². The Morgan fingerprint density at radius 1 is 1.40 bits per heavy atom. The number of halogens is 1. The van der Waals surface area contributed by atoms with Crippen LogP contribution in [0.1, 0.15) is 11.6 Å². The minimum Gasteiger partial charge on any atom is -0.441 e. The van der Waals surface area contributed by atoms with Crippen molar-refractivity contribution in [2.24, 2.45) is 0 Å². The maximum absolute atomic E-state index is 14.0. The lowest BCUT2D eigenvalue weighted by atomic mass is 9.79. The monoisotopic (exact) mass is 350 g/mol. The summed E-state index contributed by atoms with van der Waals surface area (Å²) in [7, 11) is -1.63. The molecule has 0 bridgehead atoms. The van der Waals surface area contributed by atoms with Crippen molar-refractivity contribution in [2.45, 2.75) is 24.6 Å². The van der Waals surface area contributed by atoms with Crippen molar-refractivity contribution < 1.29 is 28.8 Å². The molecule has 1 fully saturated rings. The number of carbonyl (C=O) groups excluding carboxylic acids is 2. The van der Waals surface area contributed by atoms with Gasteiger partial charge in [0.05, 0.1) is 19.1 Å². The predicted molar refractivity (Wildman–Crippen MR) is 89.3 cm³/mol. The van der Waals surface area contributed by atoms with E-state index in [-0.39, 0.29) is 19.4 Å². The van der Waals surface area contributed by atoms with Crippen LogP contribution in [0, 0.1) is 0 Å². The van der Waals surface area contributed by atoms with Crippen molar-refractivity contribution >= 4 is 19.1 Å². The lowest BCUT2D eigenvalue weighted by Gasteiger charge is -2.21. The molecule has 0 spiro atoms. The van der Waals surface area contributed by atoms with Crippen LogP contribution in [0.3, 0.4) is 0 Å². The van der Waals surface area contributed by atoms with Gasteiger partial charge < -0.3 is 25.0 Å². The maximum atomic E-state index is 14.0. The Kier molecular flexibility index (Phi) is 6.54. The Morgan fingerprint density at radius 3 is 2.68 bits per heavy atom. The molecular weight excluding hydrogens is 330 g/mol. The zero-order valence-electron chi connectivity index (χ0n) is 13.5. The van der Waals surface area contributed by atoms with Crippen LogP contribution >= 0.6 is 0 Å². The van der Waals surface area contributed by atoms with E-state index in [2.05, 4.69) is 11.9 Å². The molecule has 1 aromatic carbocycles. The molecule has 3 atom stereocenters. The summed E-state index contributed by atoms with van der Waals surface area (Å²) in [6.45, 7) is 3.11. The topological polar surface area (TPSA) is 99.1 Å². The number of likely N-dealkylation sites (tertiary alicyclic amines) is 1. The zero-order valence-corrected chi connectivity index (χ0v) is 13.5. The molecule has 0 aliphatic carbocycles. The van der Waals surface area contributed by atoms with Gasteiger partial charge in [-0.25, -0.2) is 9.18 Å². The van der Waals surface area contributed by atoms with Gasteiger partial charge in [0.25, 0.3) is 0 Å².